The van der Waals surface area contributed by atoms with Crippen LogP contribution in [0.1, 0.15) is 0 Å². The highest BCUT2D eigenvalue weighted by Crippen LogP contribution is 2.07. The minimum absolute atomic E-state index is 0.707. The van der Waals surface area contributed by atoms with Crippen LogP contribution in [0.25, 0.3) is 0 Å². The Bertz CT molecular complexity index is 239. The molecule has 1 radical (unpaired) electrons. The SMILES string of the molecule is O=[C]C=COc1ccccc1. The van der Waals surface area contributed by atoms with Crippen LogP contribution in [0.2, 0.25) is 0 Å². The smallest absolute Gasteiger partial charge is 0.228 e. The third-order valence-electron chi connectivity index (χ3n) is 1.08. The van der Waals surface area contributed by atoms with E-state index in [2.05, 4.69) is 0 Å². The number of hydrogen-bond acceptors (Lipinski definition) is 2. The first-order valence-electron chi connectivity index (χ1n) is 3.18. The van der Waals surface area contributed by atoms with Crippen LogP contribution >= 0.6 is 0 Å². The maximum absolute atomic E-state index is 9.70. The van der Waals surface area contributed by atoms with Crippen molar-refractivity contribution in [1.29, 1.82) is 0 Å². The van der Waals surface area contributed by atoms with Crippen LogP contribution in [0, 0.1) is 0 Å². The summed E-state index contributed by atoms with van der Waals surface area (Å²) in [5, 5.41) is 0. The molecule has 0 spiro atoms. The van der Waals surface area contributed by atoms with Crippen molar-refractivity contribution < 1.29 is 9.53 Å². The van der Waals surface area contributed by atoms with Gasteiger partial charge in [-0.1, -0.05) is 18.2 Å². The number of para-hydroxylation sites is 1. The number of ether oxygens (including phenoxy) is 1. The Morgan fingerprint density at radius 3 is 2.64 bits per heavy atom. The lowest BCUT2D eigenvalue weighted by Gasteiger charge is -1.95. The second-order valence-electron chi connectivity index (χ2n) is 1.85. The van der Waals surface area contributed by atoms with Gasteiger partial charge in [0.2, 0.25) is 6.29 Å². The molecule has 55 valence electrons. The molecular formula is C9H7O2. The molecule has 0 bridgehead atoms. The van der Waals surface area contributed by atoms with E-state index in [1.54, 1.807) is 18.4 Å². The van der Waals surface area contributed by atoms with E-state index in [1.165, 1.54) is 12.3 Å². The molecule has 0 aliphatic heterocycles. The fourth-order valence-corrected chi connectivity index (χ4v) is 0.639. The summed E-state index contributed by atoms with van der Waals surface area (Å²) in [4.78, 5) is 9.70. The van der Waals surface area contributed by atoms with Crippen molar-refractivity contribution in [1.82, 2.24) is 0 Å². The van der Waals surface area contributed by atoms with E-state index in [-0.39, 0.29) is 0 Å². The van der Waals surface area contributed by atoms with Gasteiger partial charge in [0, 0.05) is 6.08 Å². The first-order chi connectivity index (χ1) is 5.43. The van der Waals surface area contributed by atoms with Gasteiger partial charge in [0.05, 0.1) is 6.26 Å². The minimum atomic E-state index is 0.707. The Balaban J connectivity index is 2.51. The second-order valence-corrected chi connectivity index (χ2v) is 1.85. The Morgan fingerprint density at radius 1 is 1.27 bits per heavy atom. The van der Waals surface area contributed by atoms with E-state index in [0.29, 0.717) is 5.75 Å². The maximum Gasteiger partial charge on any atom is 0.228 e. The van der Waals surface area contributed by atoms with Crippen LogP contribution in [0.15, 0.2) is 42.7 Å². The van der Waals surface area contributed by atoms with Crippen molar-refractivity contribution in [3.8, 4) is 5.75 Å². The van der Waals surface area contributed by atoms with Crippen LogP contribution < -0.4 is 4.74 Å². The molecule has 0 aliphatic rings. The summed E-state index contributed by atoms with van der Waals surface area (Å²) < 4.78 is 5.00. The van der Waals surface area contributed by atoms with E-state index >= 15 is 0 Å². The van der Waals surface area contributed by atoms with Gasteiger partial charge < -0.3 is 4.74 Å². The quantitative estimate of drug-likeness (QED) is 0.480. The summed E-state index contributed by atoms with van der Waals surface area (Å²) in [6, 6.07) is 9.20. The van der Waals surface area contributed by atoms with Gasteiger partial charge >= 0.3 is 0 Å². The largest absolute Gasteiger partial charge is 0.465 e. The first-order valence-corrected chi connectivity index (χ1v) is 3.18. The zero-order chi connectivity index (χ0) is 7.94. The molecule has 0 heterocycles. The monoisotopic (exact) mass is 147 g/mol. The van der Waals surface area contributed by atoms with Crippen molar-refractivity contribution in [3.63, 3.8) is 0 Å². The van der Waals surface area contributed by atoms with Gasteiger partial charge in [-0.25, -0.2) is 0 Å². The van der Waals surface area contributed by atoms with Gasteiger partial charge in [0.15, 0.2) is 0 Å². The van der Waals surface area contributed by atoms with Crippen LogP contribution in [0.3, 0.4) is 0 Å². The molecule has 0 N–H and O–H groups in total. The molecule has 1 rings (SSSR count). The predicted molar refractivity (Wildman–Crippen MR) is 41.9 cm³/mol. The Morgan fingerprint density at radius 2 is 2.00 bits per heavy atom. The van der Waals surface area contributed by atoms with Crippen LogP contribution in [-0.4, -0.2) is 6.29 Å². The van der Waals surface area contributed by atoms with Crippen molar-refractivity contribution in [2.24, 2.45) is 0 Å². The van der Waals surface area contributed by atoms with Gasteiger partial charge in [0.1, 0.15) is 5.75 Å². The summed E-state index contributed by atoms with van der Waals surface area (Å²) in [5.74, 6) is 0.707. The maximum atomic E-state index is 9.70. The van der Waals surface area contributed by atoms with Crippen LogP contribution in [0.5, 0.6) is 5.75 Å². The molecular weight excluding hydrogens is 140 g/mol. The highest BCUT2D eigenvalue weighted by atomic mass is 16.5. The molecule has 0 fully saturated rings. The van der Waals surface area contributed by atoms with Crippen LogP contribution in [0.4, 0.5) is 0 Å². The summed E-state index contributed by atoms with van der Waals surface area (Å²) in [6.45, 7) is 0. The zero-order valence-electron chi connectivity index (χ0n) is 5.86. The number of benzene rings is 1. The van der Waals surface area contributed by atoms with Gasteiger partial charge in [-0.05, 0) is 12.1 Å². The lowest BCUT2D eigenvalue weighted by molar-refractivity contribution is 0.480. The Kier molecular flexibility index (Phi) is 2.93. The fourth-order valence-electron chi connectivity index (χ4n) is 0.639. The fraction of sp³-hybridized carbons (Fsp3) is 0. The van der Waals surface area contributed by atoms with Gasteiger partial charge in [0.25, 0.3) is 0 Å². The summed E-state index contributed by atoms with van der Waals surface area (Å²) >= 11 is 0. The highest BCUT2D eigenvalue weighted by molar-refractivity contribution is 5.65. The predicted octanol–water partition coefficient (Wildman–Crippen LogP) is 1.69. The number of hydrogen-bond donors (Lipinski definition) is 0. The normalized spacial score (nSPS) is 9.82. The van der Waals surface area contributed by atoms with E-state index in [1.807, 2.05) is 18.2 Å². The molecule has 0 amide bonds. The van der Waals surface area contributed by atoms with E-state index in [0.717, 1.165) is 0 Å². The zero-order valence-corrected chi connectivity index (χ0v) is 5.86. The van der Waals surface area contributed by atoms with Gasteiger partial charge in [-0.15, -0.1) is 0 Å². The van der Waals surface area contributed by atoms with E-state index < -0.39 is 0 Å². The summed E-state index contributed by atoms with van der Waals surface area (Å²) in [5.41, 5.74) is 0. The van der Waals surface area contributed by atoms with Crippen molar-refractivity contribution >= 4 is 6.29 Å². The first kappa shape index (κ1) is 7.54. The molecule has 2 nitrogen and oxygen atoms in total. The lowest BCUT2D eigenvalue weighted by Crippen LogP contribution is -1.79. The molecule has 0 saturated carbocycles. The van der Waals surface area contributed by atoms with Crippen molar-refractivity contribution in [2.75, 3.05) is 0 Å². The summed E-state index contributed by atoms with van der Waals surface area (Å²) in [7, 11) is 0. The number of carbonyl (C=O) groups excluding carboxylic acids is 1. The number of rotatable bonds is 3. The van der Waals surface area contributed by atoms with Gasteiger partial charge in [-0.3, -0.25) is 4.79 Å². The molecule has 0 atom stereocenters. The summed E-state index contributed by atoms with van der Waals surface area (Å²) in [6.07, 6.45) is 4.05. The topological polar surface area (TPSA) is 26.3 Å². The van der Waals surface area contributed by atoms with Crippen molar-refractivity contribution in [2.45, 2.75) is 0 Å². The molecule has 0 saturated heterocycles. The van der Waals surface area contributed by atoms with E-state index in [4.69, 9.17) is 4.74 Å². The second kappa shape index (κ2) is 4.28. The molecule has 0 aromatic heterocycles. The average Bonchev–Trinajstić information content (AvgIpc) is 2.07. The molecule has 1 aromatic rings. The van der Waals surface area contributed by atoms with E-state index in [9.17, 15) is 4.79 Å². The van der Waals surface area contributed by atoms with Crippen LogP contribution in [-0.2, 0) is 4.79 Å². The third kappa shape index (κ3) is 2.67. The average molecular weight is 147 g/mol. The molecule has 11 heavy (non-hydrogen) atoms. The molecule has 2 heteroatoms. The molecule has 1 aromatic carbocycles. The lowest BCUT2D eigenvalue weighted by atomic mass is 10.3. The standard InChI is InChI=1S/C9H7O2/c10-7-4-8-11-9-5-2-1-3-6-9/h1-6,8H. The number of allylic oxidation sites excluding steroid dienone is 1. The third-order valence-corrected chi connectivity index (χ3v) is 1.08. The van der Waals surface area contributed by atoms with Crippen molar-refractivity contribution in [3.05, 3.63) is 42.7 Å². The molecule has 0 unspecified atom stereocenters. The van der Waals surface area contributed by atoms with Gasteiger partial charge in [-0.2, -0.15) is 0 Å². The minimum Gasteiger partial charge on any atom is -0.465 e. The Hall–Kier alpha value is -1.57. The highest BCUT2D eigenvalue weighted by Gasteiger charge is 1.83. The Labute approximate surface area is 65.1 Å². The molecule has 0 aliphatic carbocycles.